The van der Waals surface area contributed by atoms with Gasteiger partial charge in [0.25, 0.3) is 0 Å². The van der Waals surface area contributed by atoms with Crippen LogP contribution in [-0.4, -0.2) is 28.9 Å². The smallest absolute Gasteiger partial charge is 0.203 e. The molecular formula is C13H16ClN3. The van der Waals surface area contributed by atoms with Gasteiger partial charge in [-0.2, -0.15) is 0 Å². The molecule has 1 aromatic heterocycles. The first kappa shape index (κ1) is 10.9. The van der Waals surface area contributed by atoms with E-state index >= 15 is 0 Å². The number of nitrogens with zero attached hydrogens (tertiary/aromatic N) is 2. The standard InChI is InChI=1S/C13H16ClN3/c14-9-10-5-7-17(8-6-10)13-15-11-3-1-2-4-12(11)16-13/h1-4,10H,5-9H2,(H,15,16). The molecule has 1 fully saturated rings. The summed E-state index contributed by atoms with van der Waals surface area (Å²) in [6, 6.07) is 8.16. The minimum absolute atomic E-state index is 0.678. The summed E-state index contributed by atoms with van der Waals surface area (Å²) in [7, 11) is 0. The van der Waals surface area contributed by atoms with Gasteiger partial charge in [0.2, 0.25) is 5.95 Å². The van der Waals surface area contributed by atoms with Gasteiger partial charge in [0, 0.05) is 19.0 Å². The van der Waals surface area contributed by atoms with Crippen molar-refractivity contribution >= 4 is 28.6 Å². The molecule has 1 aliphatic heterocycles. The van der Waals surface area contributed by atoms with E-state index in [1.54, 1.807) is 0 Å². The minimum Gasteiger partial charge on any atom is -0.342 e. The van der Waals surface area contributed by atoms with Crippen molar-refractivity contribution in [1.82, 2.24) is 9.97 Å². The van der Waals surface area contributed by atoms with Crippen molar-refractivity contribution in [3.05, 3.63) is 24.3 Å². The lowest BCUT2D eigenvalue weighted by Gasteiger charge is -2.30. The van der Waals surface area contributed by atoms with Crippen LogP contribution in [0.1, 0.15) is 12.8 Å². The Balaban J connectivity index is 1.80. The Bertz CT molecular complexity index is 467. The third-order valence-corrected chi connectivity index (χ3v) is 3.95. The van der Waals surface area contributed by atoms with Crippen LogP contribution in [0.4, 0.5) is 5.95 Å². The largest absolute Gasteiger partial charge is 0.342 e. The molecule has 0 saturated carbocycles. The maximum atomic E-state index is 5.90. The number of imidazole rings is 1. The van der Waals surface area contributed by atoms with Crippen LogP contribution < -0.4 is 4.90 Å². The van der Waals surface area contributed by atoms with Gasteiger partial charge in [-0.3, -0.25) is 0 Å². The van der Waals surface area contributed by atoms with Crippen LogP contribution in [0.2, 0.25) is 0 Å². The Morgan fingerprint density at radius 1 is 1.29 bits per heavy atom. The molecule has 1 N–H and O–H groups in total. The average molecular weight is 250 g/mol. The fraction of sp³-hybridized carbons (Fsp3) is 0.462. The normalized spacial score (nSPS) is 17.8. The summed E-state index contributed by atoms with van der Waals surface area (Å²) in [5, 5.41) is 0. The lowest BCUT2D eigenvalue weighted by molar-refractivity contribution is 0.439. The number of para-hydroxylation sites is 2. The SMILES string of the molecule is ClCC1CCN(c2nc3ccccc3[nH]2)CC1. The van der Waals surface area contributed by atoms with E-state index in [1.807, 2.05) is 18.2 Å². The fourth-order valence-electron chi connectivity index (χ4n) is 2.39. The predicted octanol–water partition coefficient (Wildman–Crippen LogP) is 3.02. The maximum absolute atomic E-state index is 5.90. The molecule has 2 heterocycles. The molecule has 3 rings (SSSR count). The molecule has 17 heavy (non-hydrogen) atoms. The number of aromatic nitrogens is 2. The molecule has 0 radical (unpaired) electrons. The highest BCUT2D eigenvalue weighted by Crippen LogP contribution is 2.23. The van der Waals surface area contributed by atoms with E-state index in [0.29, 0.717) is 5.92 Å². The number of halogens is 1. The van der Waals surface area contributed by atoms with Gasteiger partial charge in [0.05, 0.1) is 11.0 Å². The first-order valence-corrected chi connectivity index (χ1v) is 6.66. The van der Waals surface area contributed by atoms with Crippen molar-refractivity contribution in [3.63, 3.8) is 0 Å². The Morgan fingerprint density at radius 2 is 2.06 bits per heavy atom. The van der Waals surface area contributed by atoms with Gasteiger partial charge in [-0.15, -0.1) is 11.6 Å². The van der Waals surface area contributed by atoms with Crippen LogP contribution in [-0.2, 0) is 0 Å². The van der Waals surface area contributed by atoms with Crippen LogP contribution >= 0.6 is 11.6 Å². The molecule has 2 aromatic rings. The number of hydrogen-bond donors (Lipinski definition) is 1. The number of fused-ring (bicyclic) bond motifs is 1. The highest BCUT2D eigenvalue weighted by atomic mass is 35.5. The molecule has 1 saturated heterocycles. The van der Waals surface area contributed by atoms with Crippen molar-refractivity contribution in [2.24, 2.45) is 5.92 Å². The topological polar surface area (TPSA) is 31.9 Å². The molecule has 0 amide bonds. The predicted molar refractivity (Wildman–Crippen MR) is 71.8 cm³/mol. The molecule has 3 nitrogen and oxygen atoms in total. The zero-order valence-corrected chi connectivity index (χ0v) is 10.5. The van der Waals surface area contributed by atoms with Crippen LogP contribution in [0.3, 0.4) is 0 Å². The third kappa shape index (κ3) is 2.12. The average Bonchev–Trinajstić information content (AvgIpc) is 2.82. The first-order valence-electron chi connectivity index (χ1n) is 6.12. The van der Waals surface area contributed by atoms with Crippen molar-refractivity contribution in [2.75, 3.05) is 23.9 Å². The first-order chi connectivity index (χ1) is 8.36. The summed E-state index contributed by atoms with van der Waals surface area (Å²) in [6.45, 7) is 2.11. The molecule has 90 valence electrons. The number of rotatable bonds is 2. The number of hydrogen-bond acceptors (Lipinski definition) is 2. The second-order valence-electron chi connectivity index (χ2n) is 4.66. The van der Waals surface area contributed by atoms with Gasteiger partial charge in [0.1, 0.15) is 0 Å². The quantitative estimate of drug-likeness (QED) is 0.830. The summed E-state index contributed by atoms with van der Waals surface area (Å²) in [5.41, 5.74) is 2.16. The Kier molecular flexibility index (Phi) is 2.93. The summed E-state index contributed by atoms with van der Waals surface area (Å²) >= 11 is 5.90. The number of nitrogens with one attached hydrogen (secondary N) is 1. The lowest BCUT2D eigenvalue weighted by atomic mass is 9.99. The second kappa shape index (κ2) is 4.57. The Labute approximate surface area is 106 Å². The van der Waals surface area contributed by atoms with Gasteiger partial charge >= 0.3 is 0 Å². The van der Waals surface area contributed by atoms with Crippen molar-refractivity contribution in [2.45, 2.75) is 12.8 Å². The molecule has 0 unspecified atom stereocenters. The van der Waals surface area contributed by atoms with Crippen LogP contribution in [0.15, 0.2) is 24.3 Å². The molecule has 0 atom stereocenters. The monoisotopic (exact) mass is 249 g/mol. The highest BCUT2D eigenvalue weighted by Gasteiger charge is 2.20. The number of H-pyrrole nitrogens is 1. The number of aromatic amines is 1. The molecular weight excluding hydrogens is 234 g/mol. The molecule has 0 bridgehead atoms. The summed E-state index contributed by atoms with van der Waals surface area (Å²) in [6.07, 6.45) is 2.33. The Morgan fingerprint density at radius 3 is 2.76 bits per heavy atom. The van der Waals surface area contributed by atoms with Crippen LogP contribution in [0.5, 0.6) is 0 Å². The lowest BCUT2D eigenvalue weighted by Crippen LogP contribution is -2.34. The number of alkyl halides is 1. The highest BCUT2D eigenvalue weighted by molar-refractivity contribution is 6.18. The van der Waals surface area contributed by atoms with Gasteiger partial charge in [0.15, 0.2) is 0 Å². The fourth-order valence-corrected chi connectivity index (χ4v) is 2.70. The number of anilines is 1. The van der Waals surface area contributed by atoms with E-state index in [2.05, 4.69) is 20.9 Å². The van der Waals surface area contributed by atoms with Crippen molar-refractivity contribution in [1.29, 1.82) is 0 Å². The summed E-state index contributed by atoms with van der Waals surface area (Å²) in [5.74, 6) is 2.46. The van der Waals surface area contributed by atoms with Gasteiger partial charge in [-0.05, 0) is 30.9 Å². The number of piperidine rings is 1. The van der Waals surface area contributed by atoms with E-state index in [0.717, 1.165) is 36.0 Å². The Hall–Kier alpha value is -1.22. The maximum Gasteiger partial charge on any atom is 0.203 e. The van der Waals surface area contributed by atoms with Gasteiger partial charge in [-0.25, -0.2) is 4.98 Å². The number of benzene rings is 1. The zero-order chi connectivity index (χ0) is 11.7. The molecule has 1 aliphatic rings. The molecule has 0 aliphatic carbocycles. The summed E-state index contributed by atoms with van der Waals surface area (Å²) < 4.78 is 0. The van der Waals surface area contributed by atoms with Gasteiger partial charge in [-0.1, -0.05) is 12.1 Å². The van der Waals surface area contributed by atoms with Crippen molar-refractivity contribution in [3.8, 4) is 0 Å². The zero-order valence-electron chi connectivity index (χ0n) is 9.69. The van der Waals surface area contributed by atoms with E-state index in [1.165, 1.54) is 12.8 Å². The van der Waals surface area contributed by atoms with Gasteiger partial charge < -0.3 is 9.88 Å². The third-order valence-electron chi connectivity index (χ3n) is 3.51. The van der Waals surface area contributed by atoms with E-state index < -0.39 is 0 Å². The second-order valence-corrected chi connectivity index (χ2v) is 4.97. The van der Waals surface area contributed by atoms with E-state index in [9.17, 15) is 0 Å². The molecule has 4 heteroatoms. The van der Waals surface area contributed by atoms with Crippen LogP contribution in [0, 0.1) is 5.92 Å². The van der Waals surface area contributed by atoms with Crippen molar-refractivity contribution < 1.29 is 0 Å². The van der Waals surface area contributed by atoms with E-state index in [-0.39, 0.29) is 0 Å². The molecule has 1 aromatic carbocycles. The molecule has 0 spiro atoms. The summed E-state index contributed by atoms with van der Waals surface area (Å²) in [4.78, 5) is 10.3. The van der Waals surface area contributed by atoms with E-state index in [4.69, 9.17) is 11.6 Å². The minimum atomic E-state index is 0.678. The van der Waals surface area contributed by atoms with Crippen LogP contribution in [0.25, 0.3) is 11.0 Å².